The Balaban J connectivity index is 2.04. The van der Waals surface area contributed by atoms with Gasteiger partial charge in [-0.2, -0.15) is 0 Å². The van der Waals surface area contributed by atoms with E-state index < -0.39 is 28.5 Å². The van der Waals surface area contributed by atoms with Gasteiger partial charge in [0.15, 0.2) is 0 Å². The lowest BCUT2D eigenvalue weighted by Gasteiger charge is -2.33. The molecular weight excluding hydrogens is 546 g/mol. The Labute approximate surface area is 243 Å². The molecule has 0 aromatic heterocycles. The third-order valence-corrected chi connectivity index (χ3v) is 8.94. The van der Waals surface area contributed by atoms with E-state index in [2.05, 4.69) is 5.32 Å². The van der Waals surface area contributed by atoms with Gasteiger partial charge in [-0.05, 0) is 62.1 Å². The van der Waals surface area contributed by atoms with Gasteiger partial charge in [0.25, 0.3) is 10.0 Å². The molecule has 1 atom stereocenters. The second kappa shape index (κ2) is 14.3. The molecule has 214 valence electrons. The van der Waals surface area contributed by atoms with Crippen LogP contribution >= 0.6 is 11.6 Å². The standard InChI is InChI=1S/C31H38ClN3O4S/c1-5-7-19-33-31(37)29(6-2)34(21-25-11-9-8-10-12-25)30(36)22-35(26-16-15-24(4)28(32)20-26)40(38,39)27-17-13-23(3)14-18-27/h8-18,20,29H,5-7,19,21-22H2,1-4H3,(H,33,37)/t29-/m0/s1. The quantitative estimate of drug-likeness (QED) is 0.255. The highest BCUT2D eigenvalue weighted by Crippen LogP contribution is 2.29. The van der Waals surface area contributed by atoms with E-state index in [0.29, 0.717) is 18.0 Å². The fourth-order valence-corrected chi connectivity index (χ4v) is 5.89. The van der Waals surface area contributed by atoms with Crippen molar-refractivity contribution in [2.75, 3.05) is 17.4 Å². The molecule has 0 unspecified atom stereocenters. The third-order valence-electron chi connectivity index (χ3n) is 6.74. The second-order valence-electron chi connectivity index (χ2n) is 9.83. The molecule has 3 rings (SSSR count). The lowest BCUT2D eigenvalue weighted by Crippen LogP contribution is -2.52. The topological polar surface area (TPSA) is 86.8 Å². The van der Waals surface area contributed by atoms with Crippen LogP contribution in [0.5, 0.6) is 0 Å². The van der Waals surface area contributed by atoms with Gasteiger partial charge in [0.05, 0.1) is 10.6 Å². The zero-order chi connectivity index (χ0) is 29.3. The van der Waals surface area contributed by atoms with Crippen molar-refractivity contribution in [1.29, 1.82) is 0 Å². The summed E-state index contributed by atoms with van der Waals surface area (Å²) in [5, 5.41) is 3.32. The van der Waals surface area contributed by atoms with Crippen molar-refractivity contribution in [3.05, 3.63) is 94.5 Å². The van der Waals surface area contributed by atoms with Crippen LogP contribution < -0.4 is 9.62 Å². The lowest BCUT2D eigenvalue weighted by atomic mass is 10.1. The second-order valence-corrected chi connectivity index (χ2v) is 12.1. The number of nitrogens with zero attached hydrogens (tertiary/aromatic N) is 2. The fourth-order valence-electron chi connectivity index (χ4n) is 4.31. The minimum absolute atomic E-state index is 0.0570. The molecule has 2 amide bonds. The maximum absolute atomic E-state index is 14.1. The van der Waals surface area contributed by atoms with E-state index in [9.17, 15) is 18.0 Å². The Morgan fingerprint density at radius 2 is 1.62 bits per heavy atom. The maximum atomic E-state index is 14.1. The van der Waals surface area contributed by atoms with Crippen molar-refractivity contribution in [3.8, 4) is 0 Å². The van der Waals surface area contributed by atoms with Crippen LogP contribution in [-0.2, 0) is 26.2 Å². The summed E-state index contributed by atoms with van der Waals surface area (Å²) in [6.07, 6.45) is 2.12. The summed E-state index contributed by atoms with van der Waals surface area (Å²) in [5.41, 5.74) is 2.80. The highest BCUT2D eigenvalue weighted by atomic mass is 35.5. The van der Waals surface area contributed by atoms with Crippen LogP contribution in [0.1, 0.15) is 49.8 Å². The highest BCUT2D eigenvalue weighted by Gasteiger charge is 2.33. The first-order chi connectivity index (χ1) is 19.1. The number of aryl methyl sites for hydroxylation is 2. The first-order valence-corrected chi connectivity index (χ1v) is 15.4. The zero-order valence-corrected chi connectivity index (χ0v) is 25.1. The molecule has 9 heteroatoms. The maximum Gasteiger partial charge on any atom is 0.264 e. The van der Waals surface area contributed by atoms with Gasteiger partial charge in [-0.15, -0.1) is 0 Å². The monoisotopic (exact) mass is 583 g/mol. The Bertz CT molecular complexity index is 1400. The normalized spacial score (nSPS) is 12.0. The number of unbranched alkanes of at least 4 members (excludes halogenated alkanes) is 1. The van der Waals surface area contributed by atoms with E-state index in [-0.39, 0.29) is 23.0 Å². The van der Waals surface area contributed by atoms with Crippen LogP contribution in [0.2, 0.25) is 5.02 Å². The molecule has 0 saturated carbocycles. The number of benzene rings is 3. The molecule has 0 fully saturated rings. The van der Waals surface area contributed by atoms with Gasteiger partial charge in [0.2, 0.25) is 11.8 Å². The predicted octanol–water partition coefficient (Wildman–Crippen LogP) is 5.88. The molecular formula is C31H38ClN3O4S. The van der Waals surface area contributed by atoms with E-state index in [4.69, 9.17) is 11.6 Å². The van der Waals surface area contributed by atoms with Gasteiger partial charge >= 0.3 is 0 Å². The van der Waals surface area contributed by atoms with Crippen LogP contribution in [0.3, 0.4) is 0 Å². The number of amides is 2. The molecule has 0 aliphatic carbocycles. The van der Waals surface area contributed by atoms with Gasteiger partial charge in [-0.25, -0.2) is 8.42 Å². The van der Waals surface area contributed by atoms with Gasteiger partial charge in [-0.3, -0.25) is 13.9 Å². The molecule has 0 saturated heterocycles. The number of halogens is 1. The minimum Gasteiger partial charge on any atom is -0.354 e. The minimum atomic E-state index is -4.15. The molecule has 0 bridgehead atoms. The zero-order valence-electron chi connectivity index (χ0n) is 23.6. The Kier molecular flexibility index (Phi) is 11.2. The number of rotatable bonds is 13. The van der Waals surface area contributed by atoms with Crippen LogP contribution in [0.25, 0.3) is 0 Å². The lowest BCUT2D eigenvalue weighted by molar-refractivity contribution is -0.140. The number of carbonyl (C=O) groups is 2. The summed E-state index contributed by atoms with van der Waals surface area (Å²) in [6, 6.07) is 20.0. The summed E-state index contributed by atoms with van der Waals surface area (Å²) in [6.45, 7) is 7.74. The summed E-state index contributed by atoms with van der Waals surface area (Å²) < 4.78 is 28.9. The molecule has 3 aromatic carbocycles. The van der Waals surface area contributed by atoms with Gasteiger partial charge < -0.3 is 10.2 Å². The number of sulfonamides is 1. The van der Waals surface area contributed by atoms with E-state index in [1.165, 1.54) is 17.0 Å². The molecule has 0 aliphatic heterocycles. The molecule has 1 N–H and O–H groups in total. The van der Waals surface area contributed by atoms with Crippen LogP contribution in [0.4, 0.5) is 5.69 Å². The predicted molar refractivity (Wildman–Crippen MR) is 161 cm³/mol. The van der Waals surface area contributed by atoms with E-state index in [1.54, 1.807) is 30.3 Å². The molecule has 7 nitrogen and oxygen atoms in total. The smallest absolute Gasteiger partial charge is 0.264 e. The van der Waals surface area contributed by atoms with E-state index in [1.807, 2.05) is 58.0 Å². The average molecular weight is 584 g/mol. The number of carbonyl (C=O) groups excluding carboxylic acids is 2. The van der Waals surface area contributed by atoms with Crippen molar-refractivity contribution in [3.63, 3.8) is 0 Å². The summed E-state index contributed by atoms with van der Waals surface area (Å²) in [5.74, 6) is -0.750. The van der Waals surface area contributed by atoms with Crippen LogP contribution in [0, 0.1) is 13.8 Å². The Morgan fingerprint density at radius 3 is 2.23 bits per heavy atom. The summed E-state index contributed by atoms with van der Waals surface area (Å²) in [7, 11) is -4.15. The Morgan fingerprint density at radius 1 is 0.950 bits per heavy atom. The largest absolute Gasteiger partial charge is 0.354 e. The van der Waals surface area contributed by atoms with Crippen LogP contribution in [-0.4, -0.2) is 44.3 Å². The molecule has 3 aromatic rings. The fraction of sp³-hybridized carbons (Fsp3) is 0.355. The van der Waals surface area contributed by atoms with Gasteiger partial charge in [-0.1, -0.05) is 86.0 Å². The Hall–Kier alpha value is -3.36. The van der Waals surface area contributed by atoms with Crippen molar-refractivity contribution < 1.29 is 18.0 Å². The number of hydrogen-bond donors (Lipinski definition) is 1. The van der Waals surface area contributed by atoms with E-state index in [0.717, 1.165) is 33.8 Å². The van der Waals surface area contributed by atoms with Crippen LogP contribution in [0.15, 0.2) is 77.7 Å². The SMILES string of the molecule is CCCCNC(=O)[C@H](CC)N(Cc1ccccc1)C(=O)CN(c1ccc(C)c(Cl)c1)S(=O)(=O)c1ccc(C)cc1. The third kappa shape index (κ3) is 7.86. The molecule has 40 heavy (non-hydrogen) atoms. The molecule has 0 spiro atoms. The summed E-state index contributed by atoms with van der Waals surface area (Å²) in [4.78, 5) is 28.8. The molecule has 0 radical (unpaired) electrons. The molecule has 0 aliphatic rings. The van der Waals surface area contributed by atoms with Gasteiger partial charge in [0.1, 0.15) is 12.6 Å². The number of anilines is 1. The van der Waals surface area contributed by atoms with Gasteiger partial charge in [0, 0.05) is 18.1 Å². The summed E-state index contributed by atoms with van der Waals surface area (Å²) >= 11 is 6.39. The van der Waals surface area contributed by atoms with Crippen molar-refractivity contribution in [1.82, 2.24) is 10.2 Å². The highest BCUT2D eigenvalue weighted by molar-refractivity contribution is 7.92. The van der Waals surface area contributed by atoms with Crippen molar-refractivity contribution in [2.45, 2.75) is 64.4 Å². The first kappa shape index (κ1) is 31.2. The van der Waals surface area contributed by atoms with Crippen molar-refractivity contribution >= 4 is 39.1 Å². The molecule has 0 heterocycles. The first-order valence-electron chi connectivity index (χ1n) is 13.5. The number of nitrogens with one attached hydrogen (secondary N) is 1. The van der Waals surface area contributed by atoms with Crippen molar-refractivity contribution in [2.24, 2.45) is 0 Å². The average Bonchev–Trinajstić information content (AvgIpc) is 2.94. The number of hydrogen-bond acceptors (Lipinski definition) is 4. The van der Waals surface area contributed by atoms with E-state index >= 15 is 0 Å².